The first-order valence-corrected chi connectivity index (χ1v) is 9.25. The predicted molar refractivity (Wildman–Crippen MR) is 98.8 cm³/mol. The highest BCUT2D eigenvalue weighted by molar-refractivity contribution is 5.94. The zero-order valence-electron chi connectivity index (χ0n) is 15.8. The molecule has 6 nitrogen and oxygen atoms in total. The van der Waals surface area contributed by atoms with Gasteiger partial charge in [-0.05, 0) is 50.8 Å². The molecule has 0 aromatic heterocycles. The van der Waals surface area contributed by atoms with Gasteiger partial charge in [-0.3, -0.25) is 0 Å². The van der Waals surface area contributed by atoms with Crippen molar-refractivity contribution in [3.05, 3.63) is 29.3 Å². The van der Waals surface area contributed by atoms with Crippen LogP contribution in [0.1, 0.15) is 43.0 Å². The van der Waals surface area contributed by atoms with Crippen LogP contribution in [0.4, 0.5) is 19.3 Å². The maximum atomic E-state index is 13.8. The molecule has 1 aliphatic heterocycles. The number of ether oxygens (including phenoxy) is 1. The average Bonchev–Trinajstić information content (AvgIpc) is 2.63. The van der Waals surface area contributed by atoms with E-state index < -0.39 is 29.2 Å². The minimum atomic E-state index is -1.04. The Labute approximate surface area is 158 Å². The number of amides is 2. The summed E-state index contributed by atoms with van der Waals surface area (Å²) in [6, 6.07) is 0.859. The molecule has 2 amide bonds. The van der Waals surface area contributed by atoms with Gasteiger partial charge >= 0.3 is 12.0 Å². The molecular formula is C19H27F2N3O3. The highest BCUT2D eigenvalue weighted by atomic mass is 19.1. The number of esters is 1. The fourth-order valence-electron chi connectivity index (χ4n) is 3.23. The molecule has 1 fully saturated rings. The Bertz CT molecular complexity index is 670. The molecule has 0 aliphatic carbocycles. The first kappa shape index (κ1) is 21.1. The standard InChI is InChI=1S/C19H27F2N3O3/c1-13-6-5-9-24(12-13)8-4-3-7-22-19(26)23-17-10-14(18(25)27-2)15(20)11-16(17)21/h10-11,13H,3-9,12H2,1-2H3,(H2,22,23,26). The second-order valence-corrected chi connectivity index (χ2v) is 6.94. The first-order chi connectivity index (χ1) is 12.9. The van der Waals surface area contributed by atoms with E-state index in [4.69, 9.17) is 0 Å². The fraction of sp³-hybridized carbons (Fsp3) is 0.579. The van der Waals surface area contributed by atoms with Crippen LogP contribution in [-0.4, -0.2) is 50.2 Å². The summed E-state index contributed by atoms with van der Waals surface area (Å²) in [5, 5.41) is 4.93. The van der Waals surface area contributed by atoms with Crippen molar-refractivity contribution in [3.8, 4) is 0 Å². The summed E-state index contributed by atoms with van der Waals surface area (Å²) in [6.45, 7) is 5.97. The van der Waals surface area contributed by atoms with Crippen LogP contribution >= 0.6 is 0 Å². The molecule has 0 radical (unpaired) electrons. The highest BCUT2D eigenvalue weighted by Crippen LogP contribution is 2.20. The summed E-state index contributed by atoms with van der Waals surface area (Å²) >= 11 is 0. The molecule has 0 spiro atoms. The normalized spacial score (nSPS) is 17.4. The molecule has 1 heterocycles. The lowest BCUT2D eigenvalue weighted by molar-refractivity contribution is 0.0595. The Hall–Kier alpha value is -2.22. The molecular weight excluding hydrogens is 356 g/mol. The number of hydrogen-bond donors (Lipinski definition) is 2. The minimum absolute atomic E-state index is 0.281. The zero-order chi connectivity index (χ0) is 19.8. The smallest absolute Gasteiger partial charge is 0.340 e. The maximum Gasteiger partial charge on any atom is 0.340 e. The van der Waals surface area contributed by atoms with E-state index in [1.807, 2.05) is 0 Å². The van der Waals surface area contributed by atoms with Crippen molar-refractivity contribution >= 4 is 17.7 Å². The number of urea groups is 1. The van der Waals surface area contributed by atoms with Crippen molar-refractivity contribution < 1.29 is 23.1 Å². The van der Waals surface area contributed by atoms with Crippen molar-refractivity contribution in [1.82, 2.24) is 10.2 Å². The lowest BCUT2D eigenvalue weighted by Gasteiger charge is -2.30. The topological polar surface area (TPSA) is 70.7 Å². The van der Waals surface area contributed by atoms with E-state index >= 15 is 0 Å². The van der Waals surface area contributed by atoms with E-state index in [2.05, 4.69) is 27.2 Å². The molecule has 2 N–H and O–H groups in total. The summed E-state index contributed by atoms with van der Waals surface area (Å²) in [4.78, 5) is 25.8. The Morgan fingerprint density at radius 2 is 2.04 bits per heavy atom. The molecule has 0 saturated carbocycles. The molecule has 150 valence electrons. The Balaban J connectivity index is 1.74. The number of hydrogen-bond acceptors (Lipinski definition) is 4. The monoisotopic (exact) mass is 383 g/mol. The molecule has 27 heavy (non-hydrogen) atoms. The fourth-order valence-corrected chi connectivity index (χ4v) is 3.23. The van der Waals surface area contributed by atoms with Crippen molar-refractivity contribution in [2.75, 3.05) is 38.6 Å². The quantitative estimate of drug-likeness (QED) is 0.559. The van der Waals surface area contributed by atoms with Crippen LogP contribution in [0.15, 0.2) is 12.1 Å². The van der Waals surface area contributed by atoms with Crippen LogP contribution in [-0.2, 0) is 4.74 Å². The van der Waals surface area contributed by atoms with Gasteiger partial charge in [0.05, 0.1) is 18.4 Å². The van der Waals surface area contributed by atoms with Gasteiger partial charge in [0.25, 0.3) is 0 Å². The van der Waals surface area contributed by atoms with E-state index in [0.29, 0.717) is 12.6 Å². The van der Waals surface area contributed by atoms with Gasteiger partial charge in [-0.15, -0.1) is 0 Å². The number of unbranched alkanes of at least 4 members (excludes halogenated alkanes) is 1. The SMILES string of the molecule is COC(=O)c1cc(NC(=O)NCCCCN2CCCC(C)C2)c(F)cc1F. The van der Waals surface area contributed by atoms with Crippen LogP contribution in [0.25, 0.3) is 0 Å². The van der Waals surface area contributed by atoms with E-state index in [1.54, 1.807) is 0 Å². The second-order valence-electron chi connectivity index (χ2n) is 6.94. The van der Waals surface area contributed by atoms with E-state index in [1.165, 1.54) is 12.8 Å². The van der Waals surface area contributed by atoms with E-state index in [9.17, 15) is 18.4 Å². The van der Waals surface area contributed by atoms with Crippen LogP contribution in [0.2, 0.25) is 0 Å². The molecule has 8 heteroatoms. The summed E-state index contributed by atoms with van der Waals surface area (Å²) in [5.74, 6) is -2.21. The lowest BCUT2D eigenvalue weighted by Crippen LogP contribution is -2.35. The van der Waals surface area contributed by atoms with Gasteiger partial charge < -0.3 is 20.3 Å². The third-order valence-corrected chi connectivity index (χ3v) is 4.64. The largest absolute Gasteiger partial charge is 0.465 e. The molecule has 1 unspecified atom stereocenters. The van der Waals surface area contributed by atoms with Crippen LogP contribution in [0, 0.1) is 17.6 Å². The molecule has 1 aliphatic rings. The number of rotatable bonds is 7. The third-order valence-electron chi connectivity index (χ3n) is 4.64. The van der Waals surface area contributed by atoms with Crippen molar-refractivity contribution in [2.45, 2.75) is 32.6 Å². The van der Waals surface area contributed by atoms with Crippen molar-refractivity contribution in [2.24, 2.45) is 5.92 Å². The molecule has 1 aromatic carbocycles. The molecule has 1 saturated heterocycles. The van der Waals surface area contributed by atoms with Crippen molar-refractivity contribution in [3.63, 3.8) is 0 Å². The number of methoxy groups -OCH3 is 1. The van der Waals surface area contributed by atoms with E-state index in [-0.39, 0.29) is 5.69 Å². The number of anilines is 1. The molecule has 1 aromatic rings. The average molecular weight is 383 g/mol. The summed E-state index contributed by atoms with van der Waals surface area (Å²) in [6.07, 6.45) is 4.29. The van der Waals surface area contributed by atoms with Gasteiger partial charge in [0.1, 0.15) is 11.6 Å². The van der Waals surface area contributed by atoms with Crippen LogP contribution in [0.5, 0.6) is 0 Å². The number of nitrogens with one attached hydrogen (secondary N) is 2. The summed E-state index contributed by atoms with van der Waals surface area (Å²) in [7, 11) is 1.09. The first-order valence-electron chi connectivity index (χ1n) is 9.25. The molecule has 2 rings (SSSR count). The Morgan fingerprint density at radius 1 is 1.26 bits per heavy atom. The van der Waals surface area contributed by atoms with Crippen LogP contribution in [0.3, 0.4) is 0 Å². The molecule has 0 bridgehead atoms. The maximum absolute atomic E-state index is 13.8. The van der Waals surface area contributed by atoms with Gasteiger partial charge in [-0.1, -0.05) is 6.92 Å². The van der Waals surface area contributed by atoms with Gasteiger partial charge in [0, 0.05) is 19.2 Å². The van der Waals surface area contributed by atoms with Gasteiger partial charge in [-0.25, -0.2) is 18.4 Å². The number of carbonyl (C=O) groups is 2. The highest BCUT2D eigenvalue weighted by Gasteiger charge is 2.18. The number of carbonyl (C=O) groups excluding carboxylic acids is 2. The van der Waals surface area contributed by atoms with E-state index in [0.717, 1.165) is 51.6 Å². The zero-order valence-corrected chi connectivity index (χ0v) is 15.8. The third kappa shape index (κ3) is 6.46. The number of halogens is 2. The Morgan fingerprint density at radius 3 is 2.74 bits per heavy atom. The number of nitrogens with zero attached hydrogens (tertiary/aromatic N) is 1. The summed E-state index contributed by atoms with van der Waals surface area (Å²) in [5.41, 5.74) is -0.721. The number of piperidine rings is 1. The number of likely N-dealkylation sites (tertiary alicyclic amines) is 1. The minimum Gasteiger partial charge on any atom is -0.465 e. The summed E-state index contributed by atoms with van der Waals surface area (Å²) < 4.78 is 31.8. The predicted octanol–water partition coefficient (Wildman–Crippen LogP) is 3.39. The Kier molecular flexibility index (Phi) is 7.97. The molecule has 1 atom stereocenters. The second kappa shape index (κ2) is 10.2. The van der Waals surface area contributed by atoms with Gasteiger partial charge in [0.15, 0.2) is 0 Å². The lowest BCUT2D eigenvalue weighted by atomic mass is 10.0. The van der Waals surface area contributed by atoms with Crippen LogP contribution < -0.4 is 10.6 Å². The van der Waals surface area contributed by atoms with Gasteiger partial charge in [0.2, 0.25) is 0 Å². The van der Waals surface area contributed by atoms with Crippen molar-refractivity contribution in [1.29, 1.82) is 0 Å². The van der Waals surface area contributed by atoms with Gasteiger partial charge in [-0.2, -0.15) is 0 Å². The number of benzene rings is 1.